The molecule has 0 saturated heterocycles. The Morgan fingerprint density at radius 1 is 0.812 bits per heavy atom. The van der Waals surface area contributed by atoms with E-state index in [2.05, 4.69) is 56.3 Å². The van der Waals surface area contributed by atoms with Crippen molar-refractivity contribution in [3.63, 3.8) is 0 Å². The zero-order chi connectivity index (χ0) is 22.8. The van der Waals surface area contributed by atoms with Gasteiger partial charge in [-0.05, 0) is 81.6 Å². The largest absolute Gasteiger partial charge is 0.496 e. The topological polar surface area (TPSA) is 44.0 Å². The number of aryl methyl sites for hydroxylation is 4. The zero-order valence-corrected chi connectivity index (χ0v) is 19.6. The second-order valence-corrected chi connectivity index (χ2v) is 8.02. The second kappa shape index (κ2) is 8.91. The Hall–Kier alpha value is -3.53. The molecular formula is C28H29NO3. The molecule has 0 aliphatic heterocycles. The van der Waals surface area contributed by atoms with E-state index in [1.54, 1.807) is 7.11 Å². The predicted molar refractivity (Wildman–Crippen MR) is 130 cm³/mol. The number of methoxy groups -OCH3 is 1. The molecule has 0 bridgehead atoms. The smallest absolute Gasteiger partial charge is 0.130 e. The number of hydrogen-bond acceptors (Lipinski definition) is 4. The van der Waals surface area contributed by atoms with Crippen LogP contribution in [0.4, 0.5) is 5.69 Å². The molecule has 32 heavy (non-hydrogen) atoms. The number of ether oxygens (including phenoxy) is 2. The lowest BCUT2D eigenvalue weighted by atomic mass is 10.1. The highest BCUT2D eigenvalue weighted by Crippen LogP contribution is 2.34. The molecule has 0 unspecified atom stereocenters. The summed E-state index contributed by atoms with van der Waals surface area (Å²) in [6.45, 7) is 10.8. The average Bonchev–Trinajstić information content (AvgIpc) is 2.96. The third-order valence-electron chi connectivity index (χ3n) is 5.65. The Morgan fingerprint density at radius 3 is 2.19 bits per heavy atom. The van der Waals surface area contributed by atoms with Gasteiger partial charge in [0.05, 0.1) is 35.5 Å². The van der Waals surface area contributed by atoms with E-state index in [1.807, 2.05) is 32.9 Å². The summed E-state index contributed by atoms with van der Waals surface area (Å²) in [5.74, 6) is 3.27. The van der Waals surface area contributed by atoms with Crippen LogP contribution in [0.2, 0.25) is 0 Å². The van der Waals surface area contributed by atoms with Gasteiger partial charge in [-0.25, -0.2) is 4.99 Å². The lowest BCUT2D eigenvalue weighted by molar-refractivity contribution is 0.340. The molecule has 3 aromatic carbocycles. The number of benzene rings is 2. The molecule has 0 atom stereocenters. The van der Waals surface area contributed by atoms with E-state index >= 15 is 0 Å². The number of nitrogens with zero attached hydrogens (tertiary/aromatic N) is 1. The minimum atomic E-state index is 0.642. The SMILES string of the molecule is CCOc1ccc(-c2cc(OC)c3c(C)oc(C)c3c(=Nc3ccc(C)cc3C)c2)cc1. The maximum absolute atomic E-state index is 6.01. The molecule has 0 fully saturated rings. The molecule has 0 aliphatic rings. The standard InChI is InChI=1S/C28H29NO3/c1-7-31-23-11-9-21(10-12-23)22-15-25(29-24-13-8-17(2)14-18(24)3)27-19(4)32-20(5)28(27)26(16-22)30-6/h8-16H,7H2,1-6H3. The third-order valence-corrected chi connectivity index (χ3v) is 5.65. The van der Waals surface area contributed by atoms with E-state index in [4.69, 9.17) is 18.9 Å². The van der Waals surface area contributed by atoms with Gasteiger partial charge in [0, 0.05) is 0 Å². The number of hydrogen-bond donors (Lipinski definition) is 0. The Balaban J connectivity index is 2.06. The average molecular weight is 428 g/mol. The number of rotatable bonds is 5. The minimum Gasteiger partial charge on any atom is -0.496 e. The Morgan fingerprint density at radius 2 is 1.53 bits per heavy atom. The second-order valence-electron chi connectivity index (χ2n) is 8.02. The minimum absolute atomic E-state index is 0.642. The van der Waals surface area contributed by atoms with E-state index in [-0.39, 0.29) is 0 Å². The maximum atomic E-state index is 6.01. The Labute approximate surface area is 189 Å². The maximum Gasteiger partial charge on any atom is 0.130 e. The van der Waals surface area contributed by atoms with Gasteiger partial charge in [-0.1, -0.05) is 29.8 Å². The molecular weight excluding hydrogens is 398 g/mol. The van der Waals surface area contributed by atoms with E-state index in [1.165, 1.54) is 5.56 Å². The number of fused-ring (bicyclic) bond motifs is 1. The van der Waals surface area contributed by atoms with Crippen molar-refractivity contribution in [2.75, 3.05) is 13.7 Å². The monoisotopic (exact) mass is 427 g/mol. The fourth-order valence-electron chi connectivity index (χ4n) is 4.15. The van der Waals surface area contributed by atoms with Crippen LogP contribution in [0, 0.1) is 27.7 Å². The summed E-state index contributed by atoms with van der Waals surface area (Å²) < 4.78 is 17.4. The lowest BCUT2D eigenvalue weighted by Gasteiger charge is -2.05. The molecule has 4 aromatic rings. The van der Waals surface area contributed by atoms with Crippen molar-refractivity contribution in [1.29, 1.82) is 0 Å². The van der Waals surface area contributed by atoms with Gasteiger partial charge in [-0.15, -0.1) is 0 Å². The van der Waals surface area contributed by atoms with E-state index < -0.39 is 0 Å². The van der Waals surface area contributed by atoms with Gasteiger partial charge in [0.2, 0.25) is 0 Å². The normalized spacial score (nSPS) is 11.8. The van der Waals surface area contributed by atoms with Gasteiger partial charge in [0.1, 0.15) is 23.0 Å². The van der Waals surface area contributed by atoms with E-state index in [9.17, 15) is 0 Å². The Bertz CT molecular complexity index is 1350. The highest BCUT2D eigenvalue weighted by atomic mass is 16.5. The van der Waals surface area contributed by atoms with Crippen LogP contribution in [0.15, 0.2) is 64.0 Å². The van der Waals surface area contributed by atoms with Gasteiger partial charge in [-0.3, -0.25) is 0 Å². The zero-order valence-electron chi connectivity index (χ0n) is 19.6. The van der Waals surface area contributed by atoms with Crippen LogP contribution in [0.1, 0.15) is 29.6 Å². The molecule has 0 N–H and O–H groups in total. The molecule has 1 aromatic heterocycles. The highest BCUT2D eigenvalue weighted by molar-refractivity contribution is 5.93. The first kappa shape index (κ1) is 21.7. The van der Waals surface area contributed by atoms with E-state index in [0.717, 1.165) is 61.5 Å². The van der Waals surface area contributed by atoms with Crippen LogP contribution in [0.25, 0.3) is 21.9 Å². The first-order chi connectivity index (χ1) is 15.4. The summed E-state index contributed by atoms with van der Waals surface area (Å²) in [6.07, 6.45) is 0. The quantitative estimate of drug-likeness (QED) is 0.345. The summed E-state index contributed by atoms with van der Waals surface area (Å²) in [7, 11) is 1.69. The van der Waals surface area contributed by atoms with Crippen LogP contribution >= 0.6 is 0 Å². The molecule has 0 aliphatic carbocycles. The summed E-state index contributed by atoms with van der Waals surface area (Å²) in [6, 6.07) is 18.6. The molecule has 4 rings (SSSR count). The molecule has 4 heteroatoms. The van der Waals surface area contributed by atoms with Gasteiger partial charge < -0.3 is 13.9 Å². The highest BCUT2D eigenvalue weighted by Gasteiger charge is 2.15. The molecule has 0 saturated carbocycles. The summed E-state index contributed by atoms with van der Waals surface area (Å²) in [5, 5.41) is 2.77. The van der Waals surface area contributed by atoms with Crippen LogP contribution in [0.3, 0.4) is 0 Å². The molecule has 4 nitrogen and oxygen atoms in total. The van der Waals surface area contributed by atoms with Crippen molar-refractivity contribution in [2.24, 2.45) is 4.99 Å². The van der Waals surface area contributed by atoms with E-state index in [0.29, 0.717) is 6.61 Å². The molecule has 0 amide bonds. The fourth-order valence-corrected chi connectivity index (χ4v) is 4.15. The first-order valence-corrected chi connectivity index (χ1v) is 10.9. The van der Waals surface area contributed by atoms with Crippen LogP contribution in [-0.4, -0.2) is 13.7 Å². The fraction of sp³-hybridized carbons (Fsp3) is 0.250. The first-order valence-electron chi connectivity index (χ1n) is 10.9. The molecule has 0 radical (unpaired) electrons. The molecule has 0 spiro atoms. The lowest BCUT2D eigenvalue weighted by Crippen LogP contribution is -2.00. The summed E-state index contributed by atoms with van der Waals surface area (Å²) >= 11 is 0. The van der Waals surface area contributed by atoms with Crippen molar-refractivity contribution in [2.45, 2.75) is 34.6 Å². The van der Waals surface area contributed by atoms with Crippen molar-refractivity contribution >= 4 is 16.5 Å². The van der Waals surface area contributed by atoms with Crippen LogP contribution in [0.5, 0.6) is 11.5 Å². The summed E-state index contributed by atoms with van der Waals surface area (Å²) in [5.41, 5.74) is 5.38. The van der Waals surface area contributed by atoms with Crippen LogP contribution in [-0.2, 0) is 0 Å². The molecule has 1 heterocycles. The van der Waals surface area contributed by atoms with Gasteiger partial charge in [0.15, 0.2) is 0 Å². The summed E-state index contributed by atoms with van der Waals surface area (Å²) in [4.78, 5) is 5.09. The Kier molecular flexibility index (Phi) is 6.04. The predicted octanol–water partition coefficient (Wildman–Crippen LogP) is 6.97. The van der Waals surface area contributed by atoms with Crippen molar-refractivity contribution in [1.82, 2.24) is 0 Å². The van der Waals surface area contributed by atoms with Crippen LogP contribution < -0.4 is 14.8 Å². The third kappa shape index (κ3) is 4.13. The van der Waals surface area contributed by atoms with Gasteiger partial charge >= 0.3 is 0 Å². The van der Waals surface area contributed by atoms with Crippen molar-refractivity contribution in [3.05, 3.63) is 82.6 Å². The number of furan rings is 1. The van der Waals surface area contributed by atoms with Gasteiger partial charge in [-0.2, -0.15) is 0 Å². The van der Waals surface area contributed by atoms with Gasteiger partial charge in [0.25, 0.3) is 0 Å². The van der Waals surface area contributed by atoms with Crippen molar-refractivity contribution in [3.8, 4) is 22.6 Å². The molecule has 164 valence electrons. The van der Waals surface area contributed by atoms with Crippen molar-refractivity contribution < 1.29 is 13.9 Å².